The van der Waals surface area contributed by atoms with Crippen LogP contribution in [0.2, 0.25) is 0 Å². The molecule has 1 aliphatic heterocycles. The van der Waals surface area contributed by atoms with E-state index < -0.39 is 36.0 Å². The van der Waals surface area contributed by atoms with Gasteiger partial charge in [0.25, 0.3) is 0 Å². The average molecular weight is 477 g/mol. The molecule has 35 heavy (non-hydrogen) atoms. The summed E-state index contributed by atoms with van der Waals surface area (Å²) in [6.07, 6.45) is -2.64. The molecule has 1 fully saturated rings. The van der Waals surface area contributed by atoms with Gasteiger partial charge in [-0.1, -0.05) is 73.7 Å². The van der Waals surface area contributed by atoms with E-state index in [0.29, 0.717) is 17.5 Å². The van der Waals surface area contributed by atoms with Crippen LogP contribution in [0.15, 0.2) is 91.0 Å². The number of hydrogen-bond acceptors (Lipinski definition) is 7. The maximum Gasteiger partial charge on any atom is 0.338 e. The van der Waals surface area contributed by atoms with E-state index in [1.807, 2.05) is 37.3 Å². The lowest BCUT2D eigenvalue weighted by Gasteiger charge is -2.29. The Morgan fingerprint density at radius 3 is 1.89 bits per heavy atom. The highest BCUT2D eigenvalue weighted by atomic mass is 16.7. The summed E-state index contributed by atoms with van der Waals surface area (Å²) in [6.45, 7) is 1.77. The summed E-state index contributed by atoms with van der Waals surface area (Å²) in [4.78, 5) is 25.8. The number of aliphatic hydroxyl groups is 1. The van der Waals surface area contributed by atoms with Gasteiger partial charge < -0.3 is 24.1 Å². The first-order chi connectivity index (χ1) is 17.0. The van der Waals surface area contributed by atoms with Gasteiger partial charge in [0.15, 0.2) is 12.2 Å². The van der Waals surface area contributed by atoms with Crippen LogP contribution in [-0.4, -0.2) is 47.8 Å². The van der Waals surface area contributed by atoms with Crippen LogP contribution in [0.25, 0.3) is 0 Å². The maximum atomic E-state index is 12.9. The zero-order valence-corrected chi connectivity index (χ0v) is 19.4. The van der Waals surface area contributed by atoms with Crippen LogP contribution in [0.4, 0.5) is 0 Å². The molecule has 1 N–H and O–H groups in total. The van der Waals surface area contributed by atoms with Gasteiger partial charge in [-0.05, 0) is 36.2 Å². The van der Waals surface area contributed by atoms with Gasteiger partial charge >= 0.3 is 11.9 Å². The van der Waals surface area contributed by atoms with Crippen LogP contribution in [0.5, 0.6) is 0 Å². The summed E-state index contributed by atoms with van der Waals surface area (Å²) in [5.41, 5.74) is 1.55. The summed E-state index contributed by atoms with van der Waals surface area (Å²) in [6, 6.07) is 26.3. The third-order valence-electron chi connectivity index (χ3n) is 5.78. The lowest BCUT2D eigenvalue weighted by Crippen LogP contribution is -2.50. The molecule has 0 spiro atoms. The zero-order valence-electron chi connectivity index (χ0n) is 19.4. The monoisotopic (exact) mass is 476 g/mol. The number of benzene rings is 3. The van der Waals surface area contributed by atoms with Crippen LogP contribution in [0, 0.1) is 0 Å². The number of carbonyl (C=O) groups excluding carboxylic acids is 2. The molecule has 0 aromatic heterocycles. The summed E-state index contributed by atoms with van der Waals surface area (Å²) in [5, 5.41) is 11.5. The van der Waals surface area contributed by atoms with Crippen molar-refractivity contribution in [1.29, 1.82) is 0 Å². The molecule has 1 heterocycles. The Morgan fingerprint density at radius 1 is 0.829 bits per heavy atom. The van der Waals surface area contributed by atoms with E-state index in [1.165, 1.54) is 0 Å². The molecule has 0 aliphatic carbocycles. The van der Waals surface area contributed by atoms with Crippen LogP contribution >= 0.6 is 0 Å². The summed E-state index contributed by atoms with van der Waals surface area (Å²) >= 11 is 0. The van der Waals surface area contributed by atoms with Crippen molar-refractivity contribution >= 4 is 11.9 Å². The highest BCUT2D eigenvalue weighted by molar-refractivity contribution is 5.90. The molecule has 1 saturated heterocycles. The topological polar surface area (TPSA) is 91.3 Å². The predicted molar refractivity (Wildman–Crippen MR) is 128 cm³/mol. The van der Waals surface area contributed by atoms with Crippen molar-refractivity contribution in [2.75, 3.05) is 6.61 Å². The van der Waals surface area contributed by atoms with Gasteiger partial charge in [0.05, 0.1) is 17.7 Å². The molecule has 7 nitrogen and oxygen atoms in total. The van der Waals surface area contributed by atoms with Crippen molar-refractivity contribution in [1.82, 2.24) is 0 Å². The minimum Gasteiger partial charge on any atom is -0.452 e. The molecule has 4 atom stereocenters. The van der Waals surface area contributed by atoms with Crippen LogP contribution in [0.1, 0.15) is 39.6 Å². The van der Waals surface area contributed by atoms with Gasteiger partial charge in [0.2, 0.25) is 5.79 Å². The van der Waals surface area contributed by atoms with E-state index >= 15 is 0 Å². The second kappa shape index (κ2) is 11.3. The fourth-order valence-electron chi connectivity index (χ4n) is 3.99. The fraction of sp³-hybridized carbons (Fsp3) is 0.286. The van der Waals surface area contributed by atoms with Crippen molar-refractivity contribution in [2.24, 2.45) is 0 Å². The first-order valence-corrected chi connectivity index (χ1v) is 11.5. The normalized spacial score (nSPS) is 23.5. The molecule has 182 valence electrons. The van der Waals surface area contributed by atoms with E-state index in [0.717, 1.165) is 5.56 Å². The first kappa shape index (κ1) is 24.6. The zero-order chi connectivity index (χ0) is 24.7. The second-order valence-electron chi connectivity index (χ2n) is 8.32. The lowest BCUT2D eigenvalue weighted by atomic mass is 10.0. The van der Waals surface area contributed by atoms with E-state index in [2.05, 4.69) is 0 Å². The van der Waals surface area contributed by atoms with Gasteiger partial charge in [-0.2, -0.15) is 0 Å². The van der Waals surface area contributed by atoms with Crippen molar-refractivity contribution in [3.63, 3.8) is 0 Å². The van der Waals surface area contributed by atoms with E-state index in [9.17, 15) is 14.7 Å². The molecule has 4 unspecified atom stereocenters. The largest absolute Gasteiger partial charge is 0.452 e. The highest BCUT2D eigenvalue weighted by Gasteiger charge is 2.58. The molecule has 3 aromatic rings. The molecule has 3 aromatic carbocycles. The van der Waals surface area contributed by atoms with Crippen molar-refractivity contribution in [2.45, 2.75) is 44.1 Å². The standard InChI is InChI=1S/C28H28O7/c1-2-23-24(33-26(29)21-14-8-4-9-15-21)25(34-27(30)22-16-10-5-11-17-22)28(31,35-23)19-32-18-20-12-6-3-7-13-20/h3-17,23-25,31H,2,18-19H2,1H3. The summed E-state index contributed by atoms with van der Waals surface area (Å²) in [5.74, 6) is -3.28. The van der Waals surface area contributed by atoms with Gasteiger partial charge in [0.1, 0.15) is 12.7 Å². The van der Waals surface area contributed by atoms with Gasteiger partial charge in [0, 0.05) is 0 Å². The average Bonchev–Trinajstić information content (AvgIpc) is 3.16. The number of esters is 2. The lowest BCUT2D eigenvalue weighted by molar-refractivity contribution is -0.254. The van der Waals surface area contributed by atoms with Gasteiger partial charge in [-0.15, -0.1) is 0 Å². The quantitative estimate of drug-likeness (QED) is 0.464. The first-order valence-electron chi connectivity index (χ1n) is 11.5. The maximum absolute atomic E-state index is 12.9. The minimum atomic E-state index is -2.01. The number of hydrogen-bond donors (Lipinski definition) is 1. The molecular weight excluding hydrogens is 448 g/mol. The Balaban J connectivity index is 1.56. The van der Waals surface area contributed by atoms with Crippen LogP contribution < -0.4 is 0 Å². The summed E-state index contributed by atoms with van der Waals surface area (Å²) < 4.78 is 23.1. The number of carbonyl (C=O) groups is 2. The van der Waals surface area contributed by atoms with Crippen molar-refractivity contribution in [3.05, 3.63) is 108 Å². The van der Waals surface area contributed by atoms with Crippen LogP contribution in [0.3, 0.4) is 0 Å². The summed E-state index contributed by atoms with van der Waals surface area (Å²) in [7, 11) is 0. The molecule has 0 bridgehead atoms. The Labute approximate surface area is 204 Å². The van der Waals surface area contributed by atoms with Crippen molar-refractivity contribution < 1.29 is 33.6 Å². The molecule has 0 saturated carbocycles. The molecule has 4 rings (SSSR count). The molecule has 1 aliphatic rings. The Morgan fingerprint density at radius 2 is 1.34 bits per heavy atom. The van der Waals surface area contributed by atoms with Gasteiger partial charge in [-0.25, -0.2) is 9.59 Å². The third-order valence-corrected chi connectivity index (χ3v) is 5.78. The second-order valence-corrected chi connectivity index (χ2v) is 8.32. The van der Waals surface area contributed by atoms with E-state index in [4.69, 9.17) is 18.9 Å². The Hall–Kier alpha value is -3.52. The highest BCUT2D eigenvalue weighted by Crippen LogP contribution is 2.36. The predicted octanol–water partition coefficient (Wildman–Crippen LogP) is 4.15. The molecule has 0 radical (unpaired) electrons. The Kier molecular flexibility index (Phi) is 7.92. The molecular formula is C28H28O7. The van der Waals surface area contributed by atoms with Crippen LogP contribution in [-0.2, 0) is 25.6 Å². The van der Waals surface area contributed by atoms with Crippen molar-refractivity contribution in [3.8, 4) is 0 Å². The number of rotatable bonds is 9. The number of ether oxygens (including phenoxy) is 4. The smallest absolute Gasteiger partial charge is 0.338 e. The molecule has 0 amide bonds. The molecule has 7 heteroatoms. The Bertz CT molecular complexity index is 1100. The SMILES string of the molecule is CCC1OC(O)(COCc2ccccc2)C(OC(=O)c2ccccc2)C1OC(=O)c1ccccc1. The van der Waals surface area contributed by atoms with E-state index in [-0.39, 0.29) is 13.2 Å². The van der Waals surface area contributed by atoms with E-state index in [1.54, 1.807) is 60.7 Å². The third kappa shape index (κ3) is 5.95. The fourth-order valence-corrected chi connectivity index (χ4v) is 3.99. The minimum absolute atomic E-state index is 0.219. The van der Waals surface area contributed by atoms with Gasteiger partial charge in [-0.3, -0.25) is 0 Å².